The molecule has 1 rings (SSSR count). The second kappa shape index (κ2) is 2.74. The van der Waals surface area contributed by atoms with Gasteiger partial charge in [0.25, 0.3) is 0 Å². The minimum absolute atomic E-state index is 0.363. The lowest BCUT2D eigenvalue weighted by atomic mass is 10.2. The van der Waals surface area contributed by atoms with Crippen molar-refractivity contribution in [3.05, 3.63) is 30.9 Å². The first kappa shape index (κ1) is 6.43. The molecule has 0 fully saturated rings. The third-order valence-electron chi connectivity index (χ3n) is 1.03. The van der Waals surface area contributed by atoms with Crippen molar-refractivity contribution in [2.75, 3.05) is 0 Å². The van der Waals surface area contributed by atoms with Crippen molar-refractivity contribution in [2.24, 2.45) is 0 Å². The monoisotopic (exact) mass is 131 g/mol. The van der Waals surface area contributed by atoms with Crippen LogP contribution in [0, 0.1) is 11.3 Å². The third-order valence-corrected chi connectivity index (χ3v) is 1.03. The summed E-state index contributed by atoms with van der Waals surface area (Å²) < 4.78 is 0. The van der Waals surface area contributed by atoms with E-state index in [1.807, 2.05) is 6.07 Å². The molecule has 3 nitrogen and oxygen atoms in total. The molecule has 0 unspecified atom stereocenters. The first-order chi connectivity index (χ1) is 4.84. The molecule has 0 atom stereocenters. The highest BCUT2D eigenvalue weighted by Gasteiger charge is 1.94. The van der Waals surface area contributed by atoms with Gasteiger partial charge in [-0.25, -0.2) is 9.97 Å². The lowest BCUT2D eigenvalue weighted by Gasteiger charge is -1.90. The Balaban J connectivity index is 2.99. The number of aromatic nitrogens is 2. The molecule has 0 spiro atoms. The third kappa shape index (κ3) is 1.17. The molecule has 0 aliphatic heterocycles. The summed E-state index contributed by atoms with van der Waals surface area (Å²) >= 11 is 0. The van der Waals surface area contributed by atoms with Gasteiger partial charge in [-0.3, -0.25) is 0 Å². The summed E-state index contributed by atoms with van der Waals surface area (Å²) in [5.74, 6) is 0. The van der Waals surface area contributed by atoms with E-state index in [2.05, 4.69) is 16.5 Å². The number of hydrogen-bond donors (Lipinski definition) is 0. The van der Waals surface area contributed by atoms with E-state index in [4.69, 9.17) is 5.26 Å². The van der Waals surface area contributed by atoms with E-state index in [1.54, 1.807) is 12.3 Å². The Morgan fingerprint density at radius 1 is 1.70 bits per heavy atom. The number of nitrogens with zero attached hydrogens (tertiary/aromatic N) is 3. The average molecular weight is 131 g/mol. The van der Waals surface area contributed by atoms with Gasteiger partial charge in [0.15, 0.2) is 0 Å². The molecule has 0 saturated carbocycles. The molecule has 48 valence electrons. The van der Waals surface area contributed by atoms with Crippen molar-refractivity contribution in [3.8, 4) is 6.07 Å². The summed E-state index contributed by atoms with van der Waals surface area (Å²) in [5, 5.41) is 8.38. The van der Waals surface area contributed by atoms with Gasteiger partial charge in [0, 0.05) is 6.20 Å². The SMILES string of the molecule is C=C(C#N)c1ccncn1. The fourth-order valence-corrected chi connectivity index (χ4v) is 0.526. The highest BCUT2D eigenvalue weighted by atomic mass is 14.8. The van der Waals surface area contributed by atoms with Gasteiger partial charge in [0.05, 0.1) is 11.3 Å². The zero-order valence-electron chi connectivity index (χ0n) is 5.28. The van der Waals surface area contributed by atoms with Crippen LogP contribution >= 0.6 is 0 Å². The van der Waals surface area contributed by atoms with Gasteiger partial charge in [0.2, 0.25) is 0 Å². The standard InChI is InChI=1S/C7H5N3/c1-6(4-8)7-2-3-9-5-10-7/h2-3,5H,1H2. The summed E-state index contributed by atoms with van der Waals surface area (Å²) in [6, 6.07) is 3.54. The largest absolute Gasteiger partial charge is 0.245 e. The molecular formula is C7H5N3. The van der Waals surface area contributed by atoms with E-state index in [0.717, 1.165) is 0 Å². The fraction of sp³-hybridized carbons (Fsp3) is 0. The van der Waals surface area contributed by atoms with E-state index in [9.17, 15) is 0 Å². The summed E-state index contributed by atoms with van der Waals surface area (Å²) in [7, 11) is 0. The maximum atomic E-state index is 8.38. The van der Waals surface area contributed by atoms with E-state index in [-0.39, 0.29) is 0 Å². The molecular weight excluding hydrogens is 126 g/mol. The van der Waals surface area contributed by atoms with Gasteiger partial charge < -0.3 is 0 Å². The Kier molecular flexibility index (Phi) is 1.76. The van der Waals surface area contributed by atoms with Crippen LogP contribution in [0.5, 0.6) is 0 Å². The number of rotatable bonds is 1. The molecule has 0 aliphatic rings. The molecule has 10 heavy (non-hydrogen) atoms. The zero-order chi connectivity index (χ0) is 7.40. The first-order valence-corrected chi connectivity index (χ1v) is 2.70. The normalized spacial score (nSPS) is 8.30. The zero-order valence-corrected chi connectivity index (χ0v) is 5.28. The maximum absolute atomic E-state index is 8.38. The van der Waals surface area contributed by atoms with Gasteiger partial charge in [-0.2, -0.15) is 5.26 Å². The Morgan fingerprint density at radius 3 is 3.00 bits per heavy atom. The molecule has 0 amide bonds. The molecule has 0 aliphatic carbocycles. The van der Waals surface area contributed by atoms with Crippen LogP contribution in [0.15, 0.2) is 25.2 Å². The number of nitriles is 1. The van der Waals surface area contributed by atoms with Crippen LogP contribution in [0.1, 0.15) is 5.69 Å². The minimum atomic E-state index is 0.363. The smallest absolute Gasteiger partial charge is 0.116 e. The van der Waals surface area contributed by atoms with Crippen molar-refractivity contribution >= 4 is 5.57 Å². The summed E-state index contributed by atoms with van der Waals surface area (Å²) in [6.45, 7) is 3.49. The maximum Gasteiger partial charge on any atom is 0.116 e. The van der Waals surface area contributed by atoms with Crippen LogP contribution in [0.3, 0.4) is 0 Å². The van der Waals surface area contributed by atoms with E-state index in [1.165, 1.54) is 6.33 Å². The second-order valence-electron chi connectivity index (χ2n) is 1.68. The Labute approximate surface area is 58.7 Å². The molecule has 1 heterocycles. The molecule has 1 aromatic rings. The van der Waals surface area contributed by atoms with Crippen LogP contribution in [-0.4, -0.2) is 9.97 Å². The highest BCUT2D eigenvalue weighted by Crippen LogP contribution is 2.03. The van der Waals surface area contributed by atoms with Gasteiger partial charge in [-0.1, -0.05) is 6.58 Å². The predicted octanol–water partition coefficient (Wildman–Crippen LogP) is 1.01. The van der Waals surface area contributed by atoms with Gasteiger partial charge >= 0.3 is 0 Å². The van der Waals surface area contributed by atoms with Crippen LogP contribution in [0.2, 0.25) is 0 Å². The van der Waals surface area contributed by atoms with Crippen LogP contribution < -0.4 is 0 Å². The molecule has 0 N–H and O–H groups in total. The fourth-order valence-electron chi connectivity index (χ4n) is 0.526. The van der Waals surface area contributed by atoms with Crippen molar-refractivity contribution in [1.29, 1.82) is 5.26 Å². The van der Waals surface area contributed by atoms with Crippen molar-refractivity contribution in [3.63, 3.8) is 0 Å². The lowest BCUT2D eigenvalue weighted by molar-refractivity contribution is 1.15. The first-order valence-electron chi connectivity index (χ1n) is 2.70. The number of hydrogen-bond acceptors (Lipinski definition) is 3. The quantitative estimate of drug-likeness (QED) is 0.534. The van der Waals surface area contributed by atoms with Crippen LogP contribution in [0.25, 0.3) is 5.57 Å². The Morgan fingerprint density at radius 2 is 2.50 bits per heavy atom. The molecule has 0 saturated heterocycles. The molecule has 3 heteroatoms. The number of allylic oxidation sites excluding steroid dienone is 1. The van der Waals surface area contributed by atoms with Crippen molar-refractivity contribution < 1.29 is 0 Å². The van der Waals surface area contributed by atoms with Crippen LogP contribution in [0.4, 0.5) is 0 Å². The Hall–Kier alpha value is -1.69. The van der Waals surface area contributed by atoms with Crippen molar-refractivity contribution in [2.45, 2.75) is 0 Å². The molecule has 0 bridgehead atoms. The summed E-state index contributed by atoms with van der Waals surface area (Å²) in [5.41, 5.74) is 0.944. The summed E-state index contributed by atoms with van der Waals surface area (Å²) in [4.78, 5) is 7.52. The topological polar surface area (TPSA) is 49.6 Å². The van der Waals surface area contributed by atoms with Gasteiger partial charge in [0.1, 0.15) is 12.4 Å². The van der Waals surface area contributed by atoms with Gasteiger partial charge in [-0.05, 0) is 6.07 Å². The summed E-state index contributed by atoms with van der Waals surface area (Å²) in [6.07, 6.45) is 2.96. The minimum Gasteiger partial charge on any atom is -0.245 e. The highest BCUT2D eigenvalue weighted by molar-refractivity contribution is 5.71. The van der Waals surface area contributed by atoms with E-state index >= 15 is 0 Å². The molecule has 0 aromatic carbocycles. The van der Waals surface area contributed by atoms with E-state index in [0.29, 0.717) is 11.3 Å². The van der Waals surface area contributed by atoms with Gasteiger partial charge in [-0.15, -0.1) is 0 Å². The molecule has 0 radical (unpaired) electrons. The lowest BCUT2D eigenvalue weighted by Crippen LogP contribution is -1.84. The predicted molar refractivity (Wildman–Crippen MR) is 36.7 cm³/mol. The molecule has 1 aromatic heterocycles. The van der Waals surface area contributed by atoms with Crippen molar-refractivity contribution in [1.82, 2.24) is 9.97 Å². The van der Waals surface area contributed by atoms with Crippen LogP contribution in [-0.2, 0) is 0 Å². The average Bonchev–Trinajstić information content (AvgIpc) is 2.05. The Bertz CT molecular complexity index is 271. The second-order valence-corrected chi connectivity index (χ2v) is 1.68. The van der Waals surface area contributed by atoms with E-state index < -0.39 is 0 Å².